The number of ether oxygens (including phenoxy) is 1. The molecule has 1 aromatic heterocycles. The fourth-order valence-electron chi connectivity index (χ4n) is 2.69. The Balaban J connectivity index is 1.54. The summed E-state index contributed by atoms with van der Waals surface area (Å²) in [5.74, 6) is 0.803. The first-order valence-electron chi connectivity index (χ1n) is 7.63. The first kappa shape index (κ1) is 14.6. The van der Waals surface area contributed by atoms with Gasteiger partial charge in [-0.2, -0.15) is 0 Å². The summed E-state index contributed by atoms with van der Waals surface area (Å²) in [4.78, 5) is 18.6. The third-order valence-electron chi connectivity index (χ3n) is 3.85. The highest BCUT2D eigenvalue weighted by molar-refractivity contribution is 5.79. The number of benzene rings is 1. The van der Waals surface area contributed by atoms with Crippen molar-refractivity contribution in [3.05, 3.63) is 59.8 Å². The molecule has 0 N–H and O–H groups in total. The Morgan fingerprint density at radius 3 is 2.82 bits per heavy atom. The lowest BCUT2D eigenvalue weighted by Crippen LogP contribution is -2.32. The number of nitrogens with zero attached hydrogens (tertiary/aromatic N) is 2. The second kappa shape index (κ2) is 6.60. The van der Waals surface area contributed by atoms with Gasteiger partial charge in [0.1, 0.15) is 6.10 Å². The predicted molar refractivity (Wildman–Crippen MR) is 84.7 cm³/mol. The first-order valence-corrected chi connectivity index (χ1v) is 7.63. The molecule has 0 bridgehead atoms. The molecule has 1 fully saturated rings. The molecule has 1 aliphatic rings. The van der Waals surface area contributed by atoms with Crippen LogP contribution in [0.5, 0.6) is 5.88 Å². The van der Waals surface area contributed by atoms with Gasteiger partial charge in [0.25, 0.3) is 0 Å². The Labute approximate surface area is 130 Å². The van der Waals surface area contributed by atoms with Crippen molar-refractivity contribution in [2.75, 3.05) is 13.1 Å². The van der Waals surface area contributed by atoms with E-state index in [1.54, 1.807) is 0 Å². The number of hydrogen-bond donors (Lipinski definition) is 0. The highest BCUT2D eigenvalue weighted by Gasteiger charge is 2.27. The quantitative estimate of drug-likeness (QED) is 0.871. The van der Waals surface area contributed by atoms with E-state index < -0.39 is 0 Å². The lowest BCUT2D eigenvalue weighted by molar-refractivity contribution is -0.129. The number of likely N-dealkylation sites (tertiary alicyclic amines) is 1. The van der Waals surface area contributed by atoms with Crippen molar-refractivity contribution in [3.8, 4) is 5.88 Å². The topological polar surface area (TPSA) is 42.4 Å². The van der Waals surface area contributed by atoms with E-state index in [4.69, 9.17) is 4.74 Å². The number of carbonyl (C=O) groups is 1. The Bertz CT molecular complexity index is 643. The van der Waals surface area contributed by atoms with Crippen molar-refractivity contribution < 1.29 is 9.53 Å². The van der Waals surface area contributed by atoms with E-state index in [2.05, 4.69) is 4.98 Å². The summed E-state index contributed by atoms with van der Waals surface area (Å²) in [5.41, 5.74) is 1.99. The van der Waals surface area contributed by atoms with E-state index in [-0.39, 0.29) is 12.0 Å². The van der Waals surface area contributed by atoms with Crippen LogP contribution in [0.3, 0.4) is 0 Å². The average Bonchev–Trinajstić information content (AvgIpc) is 2.97. The fourth-order valence-corrected chi connectivity index (χ4v) is 2.69. The number of pyridine rings is 1. The van der Waals surface area contributed by atoms with Gasteiger partial charge in [0.15, 0.2) is 0 Å². The minimum atomic E-state index is 0.0361. The molecule has 0 unspecified atom stereocenters. The van der Waals surface area contributed by atoms with Crippen LogP contribution in [0.25, 0.3) is 0 Å². The Hall–Kier alpha value is -2.36. The van der Waals surface area contributed by atoms with Gasteiger partial charge < -0.3 is 9.64 Å². The number of rotatable bonds is 4. The smallest absolute Gasteiger partial charge is 0.227 e. The SMILES string of the molecule is Cc1cccc(O[C@H]2CCN(C(=O)Cc3ccccc3)C2)n1. The first-order chi connectivity index (χ1) is 10.7. The molecule has 0 radical (unpaired) electrons. The molecule has 114 valence electrons. The summed E-state index contributed by atoms with van der Waals surface area (Å²) in [7, 11) is 0. The van der Waals surface area contributed by atoms with Gasteiger partial charge in [-0.1, -0.05) is 36.4 Å². The average molecular weight is 296 g/mol. The van der Waals surface area contributed by atoms with Crippen molar-refractivity contribution in [3.63, 3.8) is 0 Å². The van der Waals surface area contributed by atoms with Crippen molar-refractivity contribution >= 4 is 5.91 Å². The zero-order valence-electron chi connectivity index (χ0n) is 12.7. The van der Waals surface area contributed by atoms with Gasteiger partial charge in [-0.15, -0.1) is 0 Å². The van der Waals surface area contributed by atoms with Crippen LogP contribution >= 0.6 is 0 Å². The van der Waals surface area contributed by atoms with Crippen LogP contribution in [0.1, 0.15) is 17.7 Å². The maximum Gasteiger partial charge on any atom is 0.227 e. The highest BCUT2D eigenvalue weighted by Crippen LogP contribution is 2.17. The van der Waals surface area contributed by atoms with Crippen LogP contribution in [-0.4, -0.2) is 35.0 Å². The van der Waals surface area contributed by atoms with Crippen LogP contribution in [0.4, 0.5) is 0 Å². The minimum absolute atomic E-state index is 0.0361. The second-order valence-electron chi connectivity index (χ2n) is 5.65. The van der Waals surface area contributed by atoms with E-state index in [9.17, 15) is 4.79 Å². The second-order valence-corrected chi connectivity index (χ2v) is 5.65. The zero-order chi connectivity index (χ0) is 15.4. The van der Waals surface area contributed by atoms with Gasteiger partial charge in [0, 0.05) is 24.7 Å². The molecular formula is C18H20N2O2. The third-order valence-corrected chi connectivity index (χ3v) is 3.85. The van der Waals surface area contributed by atoms with Crippen LogP contribution in [0.2, 0.25) is 0 Å². The monoisotopic (exact) mass is 296 g/mol. The number of hydrogen-bond acceptors (Lipinski definition) is 3. The summed E-state index contributed by atoms with van der Waals surface area (Å²) in [5, 5.41) is 0. The lowest BCUT2D eigenvalue weighted by Gasteiger charge is -2.17. The fraction of sp³-hybridized carbons (Fsp3) is 0.333. The standard InChI is InChI=1S/C18H20N2O2/c1-14-6-5-9-17(19-14)22-16-10-11-20(13-16)18(21)12-15-7-3-2-4-8-15/h2-9,16H,10-13H2,1H3/t16-/m0/s1. The summed E-state index contributed by atoms with van der Waals surface area (Å²) >= 11 is 0. The molecule has 22 heavy (non-hydrogen) atoms. The molecule has 2 heterocycles. The normalized spacial score (nSPS) is 17.5. The molecule has 1 saturated heterocycles. The van der Waals surface area contributed by atoms with Gasteiger partial charge in [0.2, 0.25) is 11.8 Å². The molecule has 2 aromatic rings. The van der Waals surface area contributed by atoms with Crippen LogP contribution in [0, 0.1) is 6.92 Å². The lowest BCUT2D eigenvalue weighted by atomic mass is 10.1. The molecule has 0 aliphatic carbocycles. The third kappa shape index (κ3) is 3.64. The summed E-state index contributed by atoms with van der Waals surface area (Å²) in [6, 6.07) is 15.6. The highest BCUT2D eigenvalue weighted by atomic mass is 16.5. The summed E-state index contributed by atoms with van der Waals surface area (Å²) < 4.78 is 5.88. The predicted octanol–water partition coefficient (Wildman–Crippen LogP) is 2.61. The van der Waals surface area contributed by atoms with Crippen molar-refractivity contribution in [2.24, 2.45) is 0 Å². The summed E-state index contributed by atoms with van der Waals surface area (Å²) in [6.07, 6.45) is 1.35. The molecule has 3 rings (SSSR count). The van der Waals surface area contributed by atoms with Crippen molar-refractivity contribution in [2.45, 2.75) is 25.9 Å². The number of amides is 1. The van der Waals surface area contributed by atoms with Crippen LogP contribution < -0.4 is 4.74 Å². The molecule has 4 nitrogen and oxygen atoms in total. The molecule has 1 amide bonds. The molecule has 4 heteroatoms. The largest absolute Gasteiger partial charge is 0.472 e. The molecule has 1 aliphatic heterocycles. The summed E-state index contributed by atoms with van der Waals surface area (Å²) in [6.45, 7) is 3.33. The van der Waals surface area contributed by atoms with E-state index in [0.717, 1.165) is 24.2 Å². The number of aryl methyl sites for hydroxylation is 1. The Morgan fingerprint density at radius 1 is 1.23 bits per heavy atom. The van der Waals surface area contributed by atoms with Gasteiger partial charge >= 0.3 is 0 Å². The maximum atomic E-state index is 12.3. The molecule has 1 aromatic carbocycles. The number of carbonyl (C=O) groups excluding carboxylic acids is 1. The van der Waals surface area contributed by atoms with Gasteiger partial charge in [-0.3, -0.25) is 4.79 Å². The Morgan fingerprint density at radius 2 is 2.05 bits per heavy atom. The van der Waals surface area contributed by atoms with E-state index in [1.807, 2.05) is 60.4 Å². The number of aromatic nitrogens is 1. The zero-order valence-corrected chi connectivity index (χ0v) is 12.7. The molecule has 1 atom stereocenters. The van der Waals surface area contributed by atoms with Crippen molar-refractivity contribution in [1.82, 2.24) is 9.88 Å². The van der Waals surface area contributed by atoms with Crippen LogP contribution in [-0.2, 0) is 11.2 Å². The van der Waals surface area contributed by atoms with E-state index in [1.165, 1.54) is 0 Å². The van der Waals surface area contributed by atoms with Gasteiger partial charge in [-0.05, 0) is 18.6 Å². The minimum Gasteiger partial charge on any atom is -0.472 e. The van der Waals surface area contributed by atoms with Crippen molar-refractivity contribution in [1.29, 1.82) is 0 Å². The van der Waals surface area contributed by atoms with Crippen LogP contribution in [0.15, 0.2) is 48.5 Å². The van der Waals surface area contributed by atoms with E-state index in [0.29, 0.717) is 18.8 Å². The van der Waals surface area contributed by atoms with Gasteiger partial charge in [0.05, 0.1) is 13.0 Å². The maximum absolute atomic E-state index is 12.3. The molecule has 0 saturated carbocycles. The molecule has 0 spiro atoms. The van der Waals surface area contributed by atoms with Gasteiger partial charge in [-0.25, -0.2) is 4.98 Å². The Kier molecular flexibility index (Phi) is 4.37. The molecular weight excluding hydrogens is 276 g/mol. The van der Waals surface area contributed by atoms with E-state index >= 15 is 0 Å².